The Labute approximate surface area is 195 Å². The van der Waals surface area contributed by atoms with Crippen LogP contribution in [0.4, 0.5) is 9.59 Å². The molecule has 0 atom stereocenters. The fourth-order valence-corrected chi connectivity index (χ4v) is 3.71. The Morgan fingerprint density at radius 3 is 1.85 bits per heavy atom. The molecule has 2 saturated heterocycles. The molecule has 10 heteroatoms. The summed E-state index contributed by atoms with van der Waals surface area (Å²) in [7, 11) is 0. The zero-order valence-electron chi connectivity index (χ0n) is 19.8. The number of likely N-dealkylation sites (tertiary alicyclic amines) is 2. The van der Waals surface area contributed by atoms with Gasteiger partial charge in [-0.1, -0.05) is 5.92 Å². The van der Waals surface area contributed by atoms with E-state index >= 15 is 0 Å². The first kappa shape index (κ1) is 28.1. The molecule has 186 valence electrons. The fourth-order valence-electron chi connectivity index (χ4n) is 3.71. The lowest BCUT2D eigenvalue weighted by atomic mass is 9.93. The van der Waals surface area contributed by atoms with Crippen LogP contribution in [0.1, 0.15) is 59.3 Å². The highest BCUT2D eigenvalue weighted by molar-refractivity contribution is 5.76. The third-order valence-corrected chi connectivity index (χ3v) is 5.48. The Morgan fingerprint density at radius 2 is 1.42 bits per heavy atom. The van der Waals surface area contributed by atoms with Crippen LogP contribution in [0, 0.1) is 24.2 Å². The van der Waals surface area contributed by atoms with E-state index in [1.54, 1.807) is 4.90 Å². The van der Waals surface area contributed by atoms with E-state index in [0.717, 1.165) is 25.7 Å². The molecule has 0 bridgehead atoms. The average Bonchev–Trinajstić information content (AvgIpc) is 2.72. The molecule has 0 unspecified atom stereocenters. The molecule has 2 rings (SSSR count). The first-order chi connectivity index (χ1) is 15.4. The van der Waals surface area contributed by atoms with Crippen molar-refractivity contribution in [1.29, 1.82) is 0 Å². The molecule has 2 heterocycles. The predicted molar refractivity (Wildman–Crippen MR) is 122 cm³/mol. The molecule has 3 amide bonds. The van der Waals surface area contributed by atoms with Crippen LogP contribution in [0.2, 0.25) is 0 Å². The normalized spacial score (nSPS) is 17.3. The van der Waals surface area contributed by atoms with Gasteiger partial charge in [0, 0.05) is 39.0 Å². The number of amides is 3. The zero-order valence-corrected chi connectivity index (χ0v) is 19.8. The lowest BCUT2D eigenvalue weighted by Gasteiger charge is -2.32. The highest BCUT2D eigenvalue weighted by atomic mass is 16.6. The van der Waals surface area contributed by atoms with Gasteiger partial charge in [-0.05, 0) is 58.3 Å². The van der Waals surface area contributed by atoms with E-state index in [0.29, 0.717) is 32.6 Å². The molecular weight excluding hydrogens is 430 g/mol. The number of aliphatic carboxylic acids is 1. The first-order valence-electron chi connectivity index (χ1n) is 11.3. The summed E-state index contributed by atoms with van der Waals surface area (Å²) in [6.45, 7) is 7.98. The Balaban J connectivity index is 0.000000331. The van der Waals surface area contributed by atoms with Crippen molar-refractivity contribution >= 4 is 24.1 Å². The van der Waals surface area contributed by atoms with Gasteiger partial charge in [0.05, 0.1) is 6.54 Å². The van der Waals surface area contributed by atoms with Crippen molar-refractivity contribution in [2.24, 2.45) is 11.8 Å². The number of carbonyl (C=O) groups excluding carboxylic acids is 2. The standard InChI is InChI=1S/C12H21NO4.C11H16N2O3/c1-12(2,3)17-11(16)13-6-4-9(5-7-13)8-10(14)15;1-2-5-12-10(14)8-9-3-6-13(7-4-9)11(15)16/h9H,4-8H2,1-3H3,(H,14,15);1,9H,3-8H2,(H,12,14)(H,15,16). The molecule has 2 fully saturated rings. The van der Waals surface area contributed by atoms with Gasteiger partial charge in [-0.2, -0.15) is 0 Å². The number of carboxylic acids is 1. The minimum absolute atomic E-state index is 0.0493. The largest absolute Gasteiger partial charge is 0.481 e. The molecule has 0 aromatic heterocycles. The molecule has 3 N–H and O–H groups in total. The number of terminal acetylenes is 1. The highest BCUT2D eigenvalue weighted by Crippen LogP contribution is 2.22. The first-order valence-corrected chi connectivity index (χ1v) is 11.3. The highest BCUT2D eigenvalue weighted by Gasteiger charge is 2.27. The second-order valence-corrected chi connectivity index (χ2v) is 9.41. The van der Waals surface area contributed by atoms with Crippen molar-refractivity contribution in [1.82, 2.24) is 15.1 Å². The second-order valence-electron chi connectivity index (χ2n) is 9.41. The van der Waals surface area contributed by atoms with Gasteiger partial charge in [-0.3, -0.25) is 9.59 Å². The number of rotatable bonds is 5. The van der Waals surface area contributed by atoms with Gasteiger partial charge in [0.15, 0.2) is 0 Å². The number of hydrogen-bond donors (Lipinski definition) is 3. The number of hydrogen-bond acceptors (Lipinski definition) is 5. The maximum absolute atomic E-state index is 11.7. The van der Waals surface area contributed by atoms with E-state index in [1.807, 2.05) is 20.8 Å². The SMILES string of the molecule is C#CCNC(=O)CC1CCN(C(=O)O)CC1.CC(C)(C)OC(=O)N1CCC(CC(=O)O)CC1. The molecule has 0 aliphatic carbocycles. The summed E-state index contributed by atoms with van der Waals surface area (Å²) in [5.74, 6) is 1.99. The summed E-state index contributed by atoms with van der Waals surface area (Å²) in [6.07, 6.45) is 7.46. The van der Waals surface area contributed by atoms with E-state index in [-0.39, 0.29) is 36.8 Å². The van der Waals surface area contributed by atoms with Crippen LogP contribution in [-0.2, 0) is 14.3 Å². The van der Waals surface area contributed by atoms with Crippen LogP contribution in [0.5, 0.6) is 0 Å². The number of ether oxygens (including phenoxy) is 1. The predicted octanol–water partition coefficient (Wildman–Crippen LogP) is 2.62. The Bertz CT molecular complexity index is 711. The summed E-state index contributed by atoms with van der Waals surface area (Å²) < 4.78 is 5.26. The van der Waals surface area contributed by atoms with Gasteiger partial charge < -0.3 is 30.1 Å². The number of carbonyl (C=O) groups is 4. The van der Waals surface area contributed by atoms with Crippen molar-refractivity contribution in [2.75, 3.05) is 32.7 Å². The lowest BCUT2D eigenvalue weighted by molar-refractivity contribution is -0.138. The smallest absolute Gasteiger partial charge is 0.410 e. The quantitative estimate of drug-likeness (QED) is 0.529. The summed E-state index contributed by atoms with van der Waals surface area (Å²) in [4.78, 5) is 47.3. The van der Waals surface area contributed by atoms with Crippen LogP contribution in [-0.4, -0.2) is 82.4 Å². The number of nitrogens with zero attached hydrogens (tertiary/aromatic N) is 2. The molecule has 2 aliphatic rings. The molecular formula is C23H37N3O7. The molecule has 0 aromatic rings. The van der Waals surface area contributed by atoms with E-state index in [2.05, 4.69) is 11.2 Å². The van der Waals surface area contributed by atoms with Crippen LogP contribution in [0.15, 0.2) is 0 Å². The molecule has 2 aliphatic heterocycles. The van der Waals surface area contributed by atoms with E-state index < -0.39 is 17.7 Å². The van der Waals surface area contributed by atoms with Crippen LogP contribution in [0.25, 0.3) is 0 Å². The summed E-state index contributed by atoms with van der Waals surface area (Å²) in [5, 5.41) is 20.0. The molecule has 10 nitrogen and oxygen atoms in total. The fraction of sp³-hybridized carbons (Fsp3) is 0.739. The number of carboxylic acid groups (broad SMARTS) is 2. The maximum Gasteiger partial charge on any atom is 0.410 e. The van der Waals surface area contributed by atoms with Crippen LogP contribution < -0.4 is 5.32 Å². The van der Waals surface area contributed by atoms with Crippen molar-refractivity contribution in [3.63, 3.8) is 0 Å². The van der Waals surface area contributed by atoms with Gasteiger partial charge in [0.2, 0.25) is 5.91 Å². The van der Waals surface area contributed by atoms with Crippen molar-refractivity contribution in [3.05, 3.63) is 0 Å². The molecule has 0 saturated carbocycles. The summed E-state index contributed by atoms with van der Waals surface area (Å²) in [6, 6.07) is 0. The molecule has 0 aromatic carbocycles. The Morgan fingerprint density at radius 1 is 0.939 bits per heavy atom. The van der Waals surface area contributed by atoms with Gasteiger partial charge in [0.1, 0.15) is 5.60 Å². The van der Waals surface area contributed by atoms with Crippen LogP contribution >= 0.6 is 0 Å². The minimum atomic E-state index is -0.879. The third kappa shape index (κ3) is 12.0. The van der Waals surface area contributed by atoms with Crippen LogP contribution in [0.3, 0.4) is 0 Å². The Kier molecular flexibility index (Phi) is 11.5. The maximum atomic E-state index is 11.7. The minimum Gasteiger partial charge on any atom is -0.481 e. The van der Waals surface area contributed by atoms with Gasteiger partial charge in [-0.15, -0.1) is 6.42 Å². The number of piperidine rings is 2. The average molecular weight is 468 g/mol. The second kappa shape index (κ2) is 13.6. The molecule has 0 radical (unpaired) electrons. The lowest BCUT2D eigenvalue weighted by Crippen LogP contribution is -2.42. The topological polar surface area (TPSA) is 136 Å². The van der Waals surface area contributed by atoms with Crippen molar-refractivity contribution < 1.29 is 34.1 Å². The molecule has 0 spiro atoms. The van der Waals surface area contributed by atoms with Gasteiger partial charge in [0.25, 0.3) is 0 Å². The monoisotopic (exact) mass is 467 g/mol. The van der Waals surface area contributed by atoms with Crippen molar-refractivity contribution in [3.8, 4) is 12.3 Å². The Hall–Kier alpha value is -2.96. The summed E-state index contributed by atoms with van der Waals surface area (Å²) in [5.41, 5.74) is -0.477. The van der Waals surface area contributed by atoms with E-state index in [1.165, 1.54) is 4.90 Å². The number of nitrogens with one attached hydrogen (secondary N) is 1. The van der Waals surface area contributed by atoms with Crippen molar-refractivity contribution in [2.45, 2.75) is 64.9 Å². The summed E-state index contributed by atoms with van der Waals surface area (Å²) >= 11 is 0. The third-order valence-electron chi connectivity index (χ3n) is 5.48. The van der Waals surface area contributed by atoms with E-state index in [9.17, 15) is 19.2 Å². The molecule has 33 heavy (non-hydrogen) atoms. The zero-order chi connectivity index (χ0) is 25.0. The van der Waals surface area contributed by atoms with Gasteiger partial charge in [-0.25, -0.2) is 9.59 Å². The van der Waals surface area contributed by atoms with Gasteiger partial charge >= 0.3 is 18.2 Å². The van der Waals surface area contributed by atoms with E-state index in [4.69, 9.17) is 21.4 Å².